The molecule has 0 amide bonds. The van der Waals surface area contributed by atoms with Crippen LogP contribution in [0.15, 0.2) is 54.6 Å². The average molecular weight is 419 g/mol. The van der Waals surface area contributed by atoms with Crippen molar-refractivity contribution >= 4 is 23.0 Å². The Kier molecular flexibility index (Phi) is 4.87. The predicted octanol–water partition coefficient (Wildman–Crippen LogP) is 4.75. The summed E-state index contributed by atoms with van der Waals surface area (Å²) in [6.45, 7) is 2.01. The van der Waals surface area contributed by atoms with E-state index in [0.29, 0.717) is 28.6 Å². The SMILES string of the molecule is CN1CC(Nc2ccc(/C=C3/c4ccc(F)cc4OCc4c(F)cccc43)cc2N)C1. The van der Waals surface area contributed by atoms with Gasteiger partial charge in [0.15, 0.2) is 0 Å². The van der Waals surface area contributed by atoms with Gasteiger partial charge in [0.2, 0.25) is 0 Å². The van der Waals surface area contributed by atoms with Gasteiger partial charge < -0.3 is 20.7 Å². The summed E-state index contributed by atoms with van der Waals surface area (Å²) in [6.07, 6.45) is 1.95. The number of rotatable bonds is 3. The summed E-state index contributed by atoms with van der Waals surface area (Å²) in [5.41, 5.74) is 11.4. The largest absolute Gasteiger partial charge is 0.488 e. The van der Waals surface area contributed by atoms with Gasteiger partial charge in [0.05, 0.1) is 17.4 Å². The van der Waals surface area contributed by atoms with Crippen molar-refractivity contribution in [2.24, 2.45) is 0 Å². The van der Waals surface area contributed by atoms with Crippen LogP contribution in [0, 0.1) is 11.6 Å². The van der Waals surface area contributed by atoms with Crippen LogP contribution in [-0.4, -0.2) is 31.1 Å². The van der Waals surface area contributed by atoms with Gasteiger partial charge in [-0.15, -0.1) is 0 Å². The number of halogens is 2. The first-order valence-electron chi connectivity index (χ1n) is 10.2. The minimum Gasteiger partial charge on any atom is -0.488 e. The van der Waals surface area contributed by atoms with E-state index in [4.69, 9.17) is 10.5 Å². The molecule has 2 aliphatic rings. The normalized spacial score (nSPS) is 17.3. The zero-order valence-electron chi connectivity index (χ0n) is 17.2. The maximum Gasteiger partial charge on any atom is 0.130 e. The van der Waals surface area contributed by atoms with Crippen LogP contribution in [-0.2, 0) is 6.61 Å². The Morgan fingerprint density at radius 2 is 1.90 bits per heavy atom. The highest BCUT2D eigenvalue weighted by Gasteiger charge is 2.24. The molecule has 0 atom stereocenters. The molecule has 0 radical (unpaired) electrons. The van der Waals surface area contributed by atoms with Crippen LogP contribution in [0.1, 0.15) is 22.3 Å². The lowest BCUT2D eigenvalue weighted by Crippen LogP contribution is -2.52. The number of nitrogens with two attached hydrogens (primary N) is 1. The molecule has 5 rings (SSSR count). The number of anilines is 2. The number of ether oxygens (including phenoxy) is 1. The second-order valence-corrected chi connectivity index (χ2v) is 8.16. The molecule has 0 aliphatic carbocycles. The number of nitrogen functional groups attached to an aromatic ring is 1. The van der Waals surface area contributed by atoms with Crippen LogP contribution in [0.2, 0.25) is 0 Å². The Morgan fingerprint density at radius 1 is 1.06 bits per heavy atom. The number of fused-ring (bicyclic) bond motifs is 2. The molecule has 1 fully saturated rings. The zero-order chi connectivity index (χ0) is 21.5. The number of benzene rings is 3. The predicted molar refractivity (Wildman–Crippen MR) is 120 cm³/mol. The number of hydrogen-bond acceptors (Lipinski definition) is 4. The van der Waals surface area contributed by atoms with Gasteiger partial charge in [0.1, 0.15) is 24.0 Å². The standard InChI is InChI=1S/C25H23F2N3O/c1-30-12-17(13-30)29-24-8-5-15(10-23(24)28)9-20-18-3-2-4-22(27)21(18)14-31-25-11-16(26)6-7-19(20)25/h2-11,17,29H,12-14,28H2,1H3/b20-9+. The van der Waals surface area contributed by atoms with Gasteiger partial charge in [-0.3, -0.25) is 0 Å². The van der Waals surface area contributed by atoms with Crippen LogP contribution in [0.3, 0.4) is 0 Å². The second-order valence-electron chi connectivity index (χ2n) is 8.16. The van der Waals surface area contributed by atoms with Crippen molar-refractivity contribution in [3.8, 4) is 5.75 Å². The van der Waals surface area contributed by atoms with Gasteiger partial charge in [-0.1, -0.05) is 18.2 Å². The van der Waals surface area contributed by atoms with E-state index in [0.717, 1.165) is 35.5 Å². The number of hydrogen-bond donors (Lipinski definition) is 2. The van der Waals surface area contributed by atoms with E-state index in [1.165, 1.54) is 18.2 Å². The third-order valence-electron chi connectivity index (χ3n) is 5.83. The number of likely N-dealkylation sites (N-methyl/N-ethyl adjacent to an activating group) is 1. The molecule has 158 valence electrons. The fraction of sp³-hybridized carbons (Fsp3) is 0.200. The number of nitrogens with zero attached hydrogens (tertiary/aromatic N) is 1. The molecule has 0 saturated carbocycles. The Balaban J connectivity index is 1.57. The summed E-state index contributed by atoms with van der Waals surface area (Å²) in [7, 11) is 2.08. The summed E-state index contributed by atoms with van der Waals surface area (Å²) < 4.78 is 34.2. The van der Waals surface area contributed by atoms with E-state index < -0.39 is 5.82 Å². The Morgan fingerprint density at radius 3 is 2.68 bits per heavy atom. The van der Waals surface area contributed by atoms with Crippen LogP contribution in [0.25, 0.3) is 11.6 Å². The summed E-state index contributed by atoms with van der Waals surface area (Å²) in [5, 5.41) is 3.46. The second kappa shape index (κ2) is 7.71. The van der Waals surface area contributed by atoms with E-state index in [2.05, 4.69) is 17.3 Å². The highest BCUT2D eigenvalue weighted by atomic mass is 19.1. The first-order valence-corrected chi connectivity index (χ1v) is 10.2. The maximum atomic E-state index is 14.6. The van der Waals surface area contributed by atoms with Gasteiger partial charge in [-0.25, -0.2) is 8.78 Å². The summed E-state index contributed by atoms with van der Waals surface area (Å²) >= 11 is 0. The van der Waals surface area contributed by atoms with Crippen molar-refractivity contribution in [3.05, 3.63) is 88.5 Å². The minimum absolute atomic E-state index is 0.0383. The molecule has 2 aliphatic heterocycles. The molecule has 2 heterocycles. The van der Waals surface area contributed by atoms with Crippen molar-refractivity contribution < 1.29 is 13.5 Å². The smallest absolute Gasteiger partial charge is 0.130 e. The molecule has 0 unspecified atom stereocenters. The molecule has 3 aromatic rings. The first kappa shape index (κ1) is 19.6. The van der Waals surface area contributed by atoms with Crippen molar-refractivity contribution in [1.29, 1.82) is 0 Å². The fourth-order valence-electron chi connectivity index (χ4n) is 4.23. The fourth-order valence-corrected chi connectivity index (χ4v) is 4.23. The molecular weight excluding hydrogens is 396 g/mol. The molecular formula is C25H23F2N3O. The lowest BCUT2D eigenvalue weighted by Gasteiger charge is -2.37. The molecule has 0 aromatic heterocycles. The molecule has 3 aromatic carbocycles. The third-order valence-corrected chi connectivity index (χ3v) is 5.83. The first-order chi connectivity index (χ1) is 15.0. The van der Waals surface area contributed by atoms with Gasteiger partial charge in [0, 0.05) is 30.3 Å². The highest BCUT2D eigenvalue weighted by molar-refractivity contribution is 5.95. The molecule has 4 nitrogen and oxygen atoms in total. The minimum atomic E-state index is -0.397. The Labute approximate surface area is 179 Å². The van der Waals surface area contributed by atoms with E-state index in [9.17, 15) is 8.78 Å². The Hall–Kier alpha value is -3.38. The third kappa shape index (κ3) is 3.75. The monoisotopic (exact) mass is 419 g/mol. The van der Waals surface area contributed by atoms with E-state index in [1.807, 2.05) is 30.3 Å². The molecule has 0 spiro atoms. The lowest BCUT2D eigenvalue weighted by molar-refractivity contribution is 0.205. The topological polar surface area (TPSA) is 50.5 Å². The van der Waals surface area contributed by atoms with E-state index >= 15 is 0 Å². The summed E-state index contributed by atoms with van der Waals surface area (Å²) in [6, 6.07) is 15.6. The molecule has 31 heavy (non-hydrogen) atoms. The Bertz CT molecular complexity index is 1190. The summed E-state index contributed by atoms with van der Waals surface area (Å²) in [4.78, 5) is 2.23. The lowest BCUT2D eigenvalue weighted by atomic mass is 9.92. The van der Waals surface area contributed by atoms with E-state index in [1.54, 1.807) is 12.1 Å². The number of likely N-dealkylation sites (tertiary alicyclic amines) is 1. The van der Waals surface area contributed by atoms with Gasteiger partial charge >= 0.3 is 0 Å². The van der Waals surface area contributed by atoms with Crippen molar-refractivity contribution in [2.75, 3.05) is 31.2 Å². The molecule has 6 heteroatoms. The van der Waals surface area contributed by atoms with Crippen molar-refractivity contribution in [3.63, 3.8) is 0 Å². The van der Waals surface area contributed by atoms with Crippen LogP contribution >= 0.6 is 0 Å². The summed E-state index contributed by atoms with van der Waals surface area (Å²) in [5.74, 6) is -0.353. The number of nitrogens with one attached hydrogen (secondary N) is 1. The highest BCUT2D eigenvalue weighted by Crippen LogP contribution is 2.39. The maximum absolute atomic E-state index is 14.6. The van der Waals surface area contributed by atoms with Crippen LogP contribution < -0.4 is 15.8 Å². The van der Waals surface area contributed by atoms with Gasteiger partial charge in [-0.05, 0) is 60.2 Å². The zero-order valence-corrected chi connectivity index (χ0v) is 17.2. The van der Waals surface area contributed by atoms with Gasteiger partial charge in [0.25, 0.3) is 0 Å². The average Bonchev–Trinajstić information content (AvgIpc) is 2.86. The van der Waals surface area contributed by atoms with Gasteiger partial charge in [-0.2, -0.15) is 0 Å². The van der Waals surface area contributed by atoms with Crippen molar-refractivity contribution in [1.82, 2.24) is 4.90 Å². The quantitative estimate of drug-likeness (QED) is 0.602. The molecule has 3 N–H and O–H groups in total. The van der Waals surface area contributed by atoms with Crippen LogP contribution in [0.4, 0.5) is 20.2 Å². The molecule has 1 saturated heterocycles. The molecule has 0 bridgehead atoms. The van der Waals surface area contributed by atoms with Crippen molar-refractivity contribution in [2.45, 2.75) is 12.6 Å². The van der Waals surface area contributed by atoms with Crippen LogP contribution in [0.5, 0.6) is 5.75 Å². The van der Waals surface area contributed by atoms with E-state index in [-0.39, 0.29) is 12.4 Å².